The van der Waals surface area contributed by atoms with Gasteiger partial charge >= 0.3 is 0 Å². The molecule has 0 N–H and O–H groups in total. The summed E-state index contributed by atoms with van der Waals surface area (Å²) in [6, 6.07) is 24.6. The Morgan fingerprint density at radius 2 is 1.40 bits per heavy atom. The van der Waals surface area contributed by atoms with Crippen LogP contribution in [0.4, 0.5) is 0 Å². The Morgan fingerprint density at radius 1 is 0.600 bits per heavy atom. The second-order valence-electron chi connectivity index (χ2n) is 9.74. The Labute approximate surface area is 200 Å². The molecule has 4 aromatic heterocycles. The molecule has 0 saturated heterocycles. The minimum atomic E-state index is 0.768. The lowest BCUT2D eigenvalue weighted by Gasteiger charge is -2.11. The molecule has 35 heavy (non-hydrogen) atoms. The van der Waals surface area contributed by atoms with E-state index in [1.165, 1.54) is 60.7 Å². The van der Waals surface area contributed by atoms with Gasteiger partial charge in [-0.1, -0.05) is 24.3 Å². The van der Waals surface area contributed by atoms with E-state index in [9.17, 15) is 0 Å². The second kappa shape index (κ2) is 6.10. The standard InChI is InChI=1S/C31H18N4/c1-2-5-21-17(4-1)10-18-13-24-19(12-23(18)21)11-20-14-27-26(15-25(20)24)22-7-9-32-16-29(22)35-28-6-3-8-33-30(28)34-31(27)35/h1-9,12-16H,10-11H2. The lowest BCUT2D eigenvalue weighted by atomic mass is 9.96. The zero-order valence-electron chi connectivity index (χ0n) is 18.8. The molecule has 0 amide bonds. The highest BCUT2D eigenvalue weighted by molar-refractivity contribution is 6.15. The Morgan fingerprint density at radius 3 is 2.34 bits per heavy atom. The number of benzene rings is 3. The highest BCUT2D eigenvalue weighted by Gasteiger charge is 2.26. The fourth-order valence-electron chi connectivity index (χ4n) is 6.41. The number of pyridine rings is 3. The van der Waals surface area contributed by atoms with Crippen molar-refractivity contribution in [2.45, 2.75) is 12.8 Å². The molecule has 7 aromatic rings. The van der Waals surface area contributed by atoms with E-state index in [1.54, 1.807) is 0 Å². The summed E-state index contributed by atoms with van der Waals surface area (Å²) < 4.78 is 2.22. The van der Waals surface area contributed by atoms with Crippen LogP contribution >= 0.6 is 0 Å². The normalized spacial score (nSPS) is 13.5. The molecule has 0 atom stereocenters. The Balaban J connectivity index is 1.37. The molecule has 0 aliphatic heterocycles. The van der Waals surface area contributed by atoms with Gasteiger partial charge in [0.1, 0.15) is 5.65 Å². The molecule has 2 aliphatic carbocycles. The molecule has 0 fully saturated rings. The van der Waals surface area contributed by atoms with Crippen LogP contribution in [0.25, 0.3) is 60.7 Å². The number of nitrogens with zero attached hydrogens (tertiary/aromatic N) is 4. The van der Waals surface area contributed by atoms with Crippen molar-refractivity contribution < 1.29 is 0 Å². The first-order valence-corrected chi connectivity index (χ1v) is 12.0. The van der Waals surface area contributed by atoms with Gasteiger partial charge in [-0.2, -0.15) is 0 Å². The minimum absolute atomic E-state index is 0.768. The lowest BCUT2D eigenvalue weighted by Crippen LogP contribution is -1.93. The van der Waals surface area contributed by atoms with Gasteiger partial charge in [-0.05, 0) is 105 Å². The number of hydrogen-bond acceptors (Lipinski definition) is 3. The SMILES string of the molecule is c1ccc2c(c1)Cc1cc3c(cc1-2)Cc1cc2c(cc1-3)c1ccncc1n1c3cccnc3nc21. The Kier molecular flexibility index (Phi) is 3.11. The first kappa shape index (κ1) is 17.8. The maximum Gasteiger partial charge on any atom is 0.178 e. The number of aromatic nitrogens is 4. The molecule has 4 heterocycles. The van der Waals surface area contributed by atoms with Crippen LogP contribution in [0.5, 0.6) is 0 Å². The summed E-state index contributed by atoms with van der Waals surface area (Å²) in [4.78, 5) is 14.0. The van der Waals surface area contributed by atoms with Crippen LogP contribution in [-0.4, -0.2) is 19.4 Å². The third kappa shape index (κ3) is 2.20. The summed E-state index contributed by atoms with van der Waals surface area (Å²) >= 11 is 0. The zero-order chi connectivity index (χ0) is 22.7. The Bertz CT molecular complexity index is 2070. The molecule has 0 saturated carbocycles. The van der Waals surface area contributed by atoms with E-state index in [4.69, 9.17) is 4.98 Å². The minimum Gasteiger partial charge on any atom is -0.288 e. The molecule has 4 heteroatoms. The van der Waals surface area contributed by atoms with Gasteiger partial charge in [0.25, 0.3) is 0 Å². The van der Waals surface area contributed by atoms with Gasteiger partial charge < -0.3 is 0 Å². The molecule has 4 nitrogen and oxygen atoms in total. The number of imidazole rings is 1. The predicted octanol–water partition coefficient (Wildman–Crippen LogP) is 6.73. The smallest absolute Gasteiger partial charge is 0.178 e. The third-order valence-corrected chi connectivity index (χ3v) is 7.93. The zero-order valence-corrected chi connectivity index (χ0v) is 18.8. The fraction of sp³-hybridized carbons (Fsp3) is 0.0645. The Hall–Kier alpha value is -4.57. The molecule has 162 valence electrons. The van der Waals surface area contributed by atoms with Crippen LogP contribution in [0.3, 0.4) is 0 Å². The lowest BCUT2D eigenvalue weighted by molar-refractivity contribution is 1.24. The van der Waals surface area contributed by atoms with Crippen molar-refractivity contribution in [3.05, 3.63) is 108 Å². The maximum absolute atomic E-state index is 4.97. The van der Waals surface area contributed by atoms with E-state index in [1.807, 2.05) is 24.7 Å². The summed E-state index contributed by atoms with van der Waals surface area (Å²) in [5.41, 5.74) is 15.0. The number of rotatable bonds is 0. The molecular weight excluding hydrogens is 428 g/mol. The van der Waals surface area contributed by atoms with E-state index in [2.05, 4.69) is 75.0 Å². The van der Waals surface area contributed by atoms with E-state index >= 15 is 0 Å². The van der Waals surface area contributed by atoms with Gasteiger partial charge in [-0.3, -0.25) is 9.38 Å². The summed E-state index contributed by atoms with van der Waals surface area (Å²) in [6.45, 7) is 0. The molecule has 0 spiro atoms. The van der Waals surface area contributed by atoms with Crippen molar-refractivity contribution in [1.82, 2.24) is 19.4 Å². The van der Waals surface area contributed by atoms with Crippen molar-refractivity contribution in [2.75, 3.05) is 0 Å². The highest BCUT2D eigenvalue weighted by atomic mass is 15.1. The van der Waals surface area contributed by atoms with Crippen molar-refractivity contribution in [3.8, 4) is 22.3 Å². The average Bonchev–Trinajstić information content (AvgIpc) is 3.57. The molecule has 0 bridgehead atoms. The van der Waals surface area contributed by atoms with E-state index in [0.29, 0.717) is 0 Å². The number of fused-ring (bicyclic) bond motifs is 14. The third-order valence-electron chi connectivity index (χ3n) is 7.93. The largest absolute Gasteiger partial charge is 0.288 e. The highest BCUT2D eigenvalue weighted by Crippen LogP contribution is 2.46. The van der Waals surface area contributed by atoms with Crippen LogP contribution in [-0.2, 0) is 12.8 Å². The van der Waals surface area contributed by atoms with Gasteiger partial charge in [0.2, 0.25) is 0 Å². The first-order valence-electron chi connectivity index (χ1n) is 12.0. The fourth-order valence-corrected chi connectivity index (χ4v) is 6.41. The van der Waals surface area contributed by atoms with E-state index in [-0.39, 0.29) is 0 Å². The predicted molar refractivity (Wildman–Crippen MR) is 140 cm³/mol. The van der Waals surface area contributed by atoms with E-state index in [0.717, 1.165) is 35.2 Å². The molecule has 2 aliphatic rings. The van der Waals surface area contributed by atoms with Gasteiger partial charge in [0.05, 0.1) is 17.2 Å². The van der Waals surface area contributed by atoms with Crippen LogP contribution in [0.1, 0.15) is 22.3 Å². The number of hydrogen-bond donors (Lipinski definition) is 0. The summed E-state index contributed by atoms with van der Waals surface area (Å²) in [7, 11) is 0. The van der Waals surface area contributed by atoms with Gasteiger partial charge in [-0.25, -0.2) is 9.97 Å². The first-order chi connectivity index (χ1) is 17.3. The van der Waals surface area contributed by atoms with Gasteiger partial charge in [0.15, 0.2) is 5.65 Å². The van der Waals surface area contributed by atoms with Crippen molar-refractivity contribution in [2.24, 2.45) is 0 Å². The maximum atomic E-state index is 4.97. The van der Waals surface area contributed by atoms with Gasteiger partial charge in [0, 0.05) is 23.2 Å². The van der Waals surface area contributed by atoms with Crippen LogP contribution in [0.15, 0.2) is 85.3 Å². The van der Waals surface area contributed by atoms with Crippen LogP contribution < -0.4 is 0 Å². The van der Waals surface area contributed by atoms with Gasteiger partial charge in [-0.15, -0.1) is 0 Å². The van der Waals surface area contributed by atoms with Crippen molar-refractivity contribution in [3.63, 3.8) is 0 Å². The molecule has 0 radical (unpaired) electrons. The molecule has 3 aromatic carbocycles. The van der Waals surface area contributed by atoms with Crippen LogP contribution in [0.2, 0.25) is 0 Å². The van der Waals surface area contributed by atoms with Crippen molar-refractivity contribution in [1.29, 1.82) is 0 Å². The monoisotopic (exact) mass is 446 g/mol. The molecular formula is C31H18N4. The quantitative estimate of drug-likeness (QED) is 0.243. The summed E-state index contributed by atoms with van der Waals surface area (Å²) in [5.74, 6) is 0. The molecule has 9 rings (SSSR count). The van der Waals surface area contributed by atoms with Crippen LogP contribution in [0, 0.1) is 0 Å². The molecule has 0 unspecified atom stereocenters. The second-order valence-corrected chi connectivity index (χ2v) is 9.74. The van der Waals surface area contributed by atoms with Crippen molar-refractivity contribution >= 4 is 38.5 Å². The topological polar surface area (TPSA) is 43.1 Å². The van der Waals surface area contributed by atoms with E-state index < -0.39 is 0 Å². The average molecular weight is 447 g/mol. The summed E-state index contributed by atoms with van der Waals surface area (Å²) in [5, 5.41) is 3.59. The summed E-state index contributed by atoms with van der Waals surface area (Å²) in [6.07, 6.45) is 7.61.